The van der Waals surface area contributed by atoms with Gasteiger partial charge in [0.15, 0.2) is 0 Å². The zero-order chi connectivity index (χ0) is 17.4. The van der Waals surface area contributed by atoms with Crippen LogP contribution in [-0.2, 0) is 10.2 Å². The molecule has 1 heterocycles. The molecule has 0 radical (unpaired) electrons. The molecule has 1 aliphatic heterocycles. The van der Waals surface area contributed by atoms with Crippen molar-refractivity contribution in [3.63, 3.8) is 0 Å². The second-order valence-electron chi connectivity index (χ2n) is 10.0. The van der Waals surface area contributed by atoms with Gasteiger partial charge in [-0.25, -0.2) is 0 Å². The molecular formula is C23H30N2O. The molecule has 0 aromatic heterocycles. The van der Waals surface area contributed by atoms with Crippen LogP contribution in [0.1, 0.15) is 50.5 Å². The standard InChI is InChI=1S/C23H30N2O/c26-20(25-9-4-7-24-8-10-25)21-12-17-11-19-14-23(16-21,22(19,13-17)15-21)18-5-2-1-3-6-18/h1-3,5-6,17,19,24H,4,7-16H2. The van der Waals surface area contributed by atoms with E-state index in [1.165, 1.54) is 37.7 Å². The van der Waals surface area contributed by atoms with Crippen LogP contribution in [0.4, 0.5) is 0 Å². The highest BCUT2D eigenvalue weighted by Gasteiger charge is 2.79. The fourth-order valence-electron chi connectivity index (χ4n) is 8.37. The number of nitrogens with one attached hydrogen (secondary N) is 1. The van der Waals surface area contributed by atoms with Crippen molar-refractivity contribution in [1.29, 1.82) is 0 Å². The van der Waals surface area contributed by atoms with Gasteiger partial charge in [-0.2, -0.15) is 0 Å². The quantitative estimate of drug-likeness (QED) is 0.887. The van der Waals surface area contributed by atoms with E-state index in [-0.39, 0.29) is 5.41 Å². The topological polar surface area (TPSA) is 32.3 Å². The van der Waals surface area contributed by atoms with Gasteiger partial charge < -0.3 is 10.2 Å². The molecule has 3 bridgehead atoms. The van der Waals surface area contributed by atoms with Gasteiger partial charge in [0, 0.05) is 25.0 Å². The Kier molecular flexibility index (Phi) is 3.09. The number of carbonyl (C=O) groups excluding carboxylic acids is 1. The second-order valence-corrected chi connectivity index (χ2v) is 10.0. The van der Waals surface area contributed by atoms with E-state index in [9.17, 15) is 4.79 Å². The minimum atomic E-state index is -0.0612. The highest BCUT2D eigenvalue weighted by molar-refractivity contribution is 5.84. The highest BCUT2D eigenvalue weighted by atomic mass is 16.2. The summed E-state index contributed by atoms with van der Waals surface area (Å²) in [7, 11) is 0. The van der Waals surface area contributed by atoms with Gasteiger partial charge in [0.1, 0.15) is 0 Å². The van der Waals surface area contributed by atoms with Crippen molar-refractivity contribution in [2.75, 3.05) is 26.2 Å². The van der Waals surface area contributed by atoms with Crippen LogP contribution in [0.15, 0.2) is 30.3 Å². The van der Waals surface area contributed by atoms with E-state index in [1.54, 1.807) is 0 Å². The van der Waals surface area contributed by atoms with Gasteiger partial charge in [-0.3, -0.25) is 4.79 Å². The third-order valence-corrected chi connectivity index (χ3v) is 8.98. The number of fused-ring (bicyclic) bond motifs is 2. The normalized spacial score (nSPS) is 45.9. The Morgan fingerprint density at radius 1 is 1.04 bits per heavy atom. The first-order valence-electron chi connectivity index (χ1n) is 10.7. The molecule has 4 saturated carbocycles. The Hall–Kier alpha value is -1.35. The van der Waals surface area contributed by atoms with E-state index in [1.807, 2.05) is 0 Å². The van der Waals surface area contributed by atoms with Crippen LogP contribution in [0.5, 0.6) is 0 Å². The Morgan fingerprint density at radius 2 is 1.92 bits per heavy atom. The summed E-state index contributed by atoms with van der Waals surface area (Å²) in [4.78, 5) is 16.1. The van der Waals surface area contributed by atoms with Crippen LogP contribution >= 0.6 is 0 Å². The third kappa shape index (κ3) is 1.76. The lowest BCUT2D eigenvalue weighted by atomic mass is 9.44. The summed E-state index contributed by atoms with van der Waals surface area (Å²) in [5, 5.41) is 3.46. The number of nitrogens with zero attached hydrogens (tertiary/aromatic N) is 1. The molecule has 1 saturated heterocycles. The minimum Gasteiger partial charge on any atom is -0.341 e. The summed E-state index contributed by atoms with van der Waals surface area (Å²) in [6.45, 7) is 3.87. The van der Waals surface area contributed by atoms with Gasteiger partial charge in [0.05, 0.1) is 5.41 Å². The van der Waals surface area contributed by atoms with E-state index >= 15 is 0 Å². The molecule has 1 aromatic rings. The molecule has 1 aromatic carbocycles. The second kappa shape index (κ2) is 5.13. The first-order chi connectivity index (χ1) is 12.7. The molecule has 6 rings (SSSR count). The number of hydrogen-bond donors (Lipinski definition) is 1. The predicted molar refractivity (Wildman–Crippen MR) is 102 cm³/mol. The number of rotatable bonds is 2. The molecule has 3 nitrogen and oxygen atoms in total. The maximum absolute atomic E-state index is 13.8. The fraction of sp³-hybridized carbons (Fsp3) is 0.696. The van der Waals surface area contributed by atoms with Gasteiger partial charge in [0.25, 0.3) is 0 Å². The number of hydrogen-bond acceptors (Lipinski definition) is 2. The van der Waals surface area contributed by atoms with Crippen LogP contribution in [-0.4, -0.2) is 37.0 Å². The van der Waals surface area contributed by atoms with Gasteiger partial charge >= 0.3 is 0 Å². The van der Waals surface area contributed by atoms with Crippen molar-refractivity contribution >= 4 is 5.91 Å². The summed E-state index contributed by atoms with van der Waals surface area (Å²) in [5.74, 6) is 2.20. The van der Waals surface area contributed by atoms with Crippen molar-refractivity contribution in [1.82, 2.24) is 10.2 Å². The minimum absolute atomic E-state index is 0.0612. The lowest BCUT2D eigenvalue weighted by Gasteiger charge is -2.59. The van der Waals surface area contributed by atoms with Gasteiger partial charge in [-0.15, -0.1) is 0 Å². The molecule has 138 valence electrons. The van der Waals surface area contributed by atoms with Crippen molar-refractivity contribution < 1.29 is 4.79 Å². The largest absolute Gasteiger partial charge is 0.341 e. The Balaban J connectivity index is 1.41. The van der Waals surface area contributed by atoms with Crippen molar-refractivity contribution in [3.8, 4) is 0 Å². The van der Waals surface area contributed by atoms with Crippen LogP contribution in [0.25, 0.3) is 0 Å². The van der Waals surface area contributed by atoms with E-state index in [0.29, 0.717) is 16.7 Å². The molecule has 5 fully saturated rings. The summed E-state index contributed by atoms with van der Waals surface area (Å²) < 4.78 is 0. The van der Waals surface area contributed by atoms with E-state index in [2.05, 4.69) is 40.5 Å². The molecule has 5 unspecified atom stereocenters. The molecule has 1 N–H and O–H groups in total. The first kappa shape index (κ1) is 15.7. The maximum Gasteiger partial charge on any atom is 0.228 e. The number of carbonyl (C=O) groups is 1. The maximum atomic E-state index is 13.8. The number of benzene rings is 1. The van der Waals surface area contributed by atoms with Crippen molar-refractivity contribution in [3.05, 3.63) is 35.9 Å². The van der Waals surface area contributed by atoms with E-state index < -0.39 is 0 Å². The predicted octanol–water partition coefficient (Wildman–Crippen LogP) is 3.35. The fourth-order valence-corrected chi connectivity index (χ4v) is 8.37. The monoisotopic (exact) mass is 350 g/mol. The van der Waals surface area contributed by atoms with E-state index in [0.717, 1.165) is 50.9 Å². The number of amides is 1. The lowest BCUT2D eigenvalue weighted by molar-refractivity contribution is -0.144. The summed E-state index contributed by atoms with van der Waals surface area (Å²) in [6, 6.07) is 11.3. The van der Waals surface area contributed by atoms with Crippen molar-refractivity contribution in [2.24, 2.45) is 22.7 Å². The SMILES string of the molecule is O=C(N1CCCNCC1)C12CC3CC4CC(c5ccccc5)(C1)C4(C3)C2. The molecule has 4 aliphatic carbocycles. The molecule has 26 heavy (non-hydrogen) atoms. The summed E-state index contributed by atoms with van der Waals surface area (Å²) >= 11 is 0. The van der Waals surface area contributed by atoms with Crippen LogP contribution < -0.4 is 5.32 Å². The first-order valence-corrected chi connectivity index (χ1v) is 10.7. The molecule has 1 amide bonds. The molecule has 1 spiro atoms. The Bertz CT molecular complexity index is 740. The van der Waals surface area contributed by atoms with Gasteiger partial charge in [0.2, 0.25) is 5.91 Å². The van der Waals surface area contributed by atoms with Crippen molar-refractivity contribution in [2.45, 2.75) is 50.4 Å². The van der Waals surface area contributed by atoms with Gasteiger partial charge in [-0.1, -0.05) is 30.3 Å². The summed E-state index contributed by atoms with van der Waals surface area (Å²) in [6.07, 6.45) is 8.70. The Morgan fingerprint density at radius 3 is 2.81 bits per heavy atom. The molecular weight excluding hydrogens is 320 g/mol. The smallest absolute Gasteiger partial charge is 0.228 e. The third-order valence-electron chi connectivity index (χ3n) is 8.98. The lowest BCUT2D eigenvalue weighted by Crippen LogP contribution is -2.55. The zero-order valence-corrected chi connectivity index (χ0v) is 15.7. The highest BCUT2D eigenvalue weighted by Crippen LogP contribution is 2.84. The molecule has 5 atom stereocenters. The van der Waals surface area contributed by atoms with Crippen LogP contribution in [0, 0.1) is 22.7 Å². The molecule has 5 aliphatic rings. The van der Waals surface area contributed by atoms with Crippen LogP contribution in [0.2, 0.25) is 0 Å². The van der Waals surface area contributed by atoms with Gasteiger partial charge in [-0.05, 0) is 74.3 Å². The molecule has 3 heteroatoms. The zero-order valence-electron chi connectivity index (χ0n) is 15.7. The summed E-state index contributed by atoms with van der Waals surface area (Å²) in [5.41, 5.74) is 2.21. The van der Waals surface area contributed by atoms with E-state index in [4.69, 9.17) is 0 Å². The average Bonchev–Trinajstić information content (AvgIpc) is 2.87. The average molecular weight is 351 g/mol. The van der Waals surface area contributed by atoms with Crippen LogP contribution in [0.3, 0.4) is 0 Å². The Labute approximate surface area is 156 Å².